The summed E-state index contributed by atoms with van der Waals surface area (Å²) in [5.74, 6) is -12.4. The van der Waals surface area contributed by atoms with Crippen LogP contribution in [0.1, 0.15) is 70.5 Å². The Balaban J connectivity index is 2.49. The molecule has 1 aromatic rings. The van der Waals surface area contributed by atoms with Gasteiger partial charge in [0.2, 0.25) is 5.82 Å². The maximum absolute atomic E-state index is 13.7. The molecule has 0 bridgehead atoms. The number of unbranched alkanes of at least 4 members (excludes halogenated alkanes) is 4. The van der Waals surface area contributed by atoms with Gasteiger partial charge < -0.3 is 9.47 Å². The van der Waals surface area contributed by atoms with E-state index in [9.17, 15) is 31.5 Å². The predicted molar refractivity (Wildman–Crippen MR) is 89.7 cm³/mol. The molecule has 0 N–H and O–H groups in total. The second kappa shape index (κ2) is 11.6. The van der Waals surface area contributed by atoms with Gasteiger partial charge in [-0.1, -0.05) is 32.6 Å². The number of halogens is 5. The summed E-state index contributed by atoms with van der Waals surface area (Å²) in [5, 5.41) is 0. The van der Waals surface area contributed by atoms with Crippen LogP contribution in [-0.2, 0) is 19.1 Å². The summed E-state index contributed by atoms with van der Waals surface area (Å²) in [7, 11) is 0. The average molecular weight is 410 g/mol. The number of hydrogen-bond donors (Lipinski definition) is 0. The molecule has 1 unspecified atom stereocenters. The van der Waals surface area contributed by atoms with Crippen molar-refractivity contribution in [2.45, 2.75) is 64.9 Å². The van der Waals surface area contributed by atoms with Crippen molar-refractivity contribution in [3.05, 3.63) is 34.6 Å². The Morgan fingerprint density at radius 3 is 1.86 bits per heavy atom. The highest BCUT2D eigenvalue weighted by molar-refractivity contribution is 5.77. The molecule has 0 aliphatic rings. The van der Waals surface area contributed by atoms with Crippen molar-refractivity contribution in [2.75, 3.05) is 6.61 Å². The zero-order valence-electron chi connectivity index (χ0n) is 15.8. The van der Waals surface area contributed by atoms with Crippen molar-refractivity contribution in [2.24, 2.45) is 0 Å². The maximum atomic E-state index is 13.7. The fourth-order valence-electron chi connectivity index (χ4n) is 2.46. The molecule has 158 valence electrons. The van der Waals surface area contributed by atoms with Gasteiger partial charge >= 0.3 is 11.9 Å². The van der Waals surface area contributed by atoms with Crippen LogP contribution in [0.25, 0.3) is 0 Å². The monoisotopic (exact) mass is 410 g/mol. The molecular formula is C19H23F5O4. The van der Waals surface area contributed by atoms with Gasteiger partial charge in [-0.05, 0) is 13.3 Å². The molecule has 28 heavy (non-hydrogen) atoms. The van der Waals surface area contributed by atoms with Crippen LogP contribution in [-0.4, -0.2) is 18.5 Å². The van der Waals surface area contributed by atoms with Crippen LogP contribution in [0.5, 0.6) is 0 Å². The number of ether oxygens (including phenoxy) is 2. The summed E-state index contributed by atoms with van der Waals surface area (Å²) in [6.45, 7) is 3.26. The van der Waals surface area contributed by atoms with Crippen LogP contribution in [0.15, 0.2) is 0 Å². The van der Waals surface area contributed by atoms with E-state index in [4.69, 9.17) is 4.74 Å². The van der Waals surface area contributed by atoms with Crippen molar-refractivity contribution in [3.63, 3.8) is 0 Å². The van der Waals surface area contributed by atoms with Crippen LogP contribution >= 0.6 is 0 Å². The fourth-order valence-corrected chi connectivity index (χ4v) is 2.46. The third kappa shape index (κ3) is 6.76. The first-order valence-corrected chi connectivity index (χ1v) is 9.07. The highest BCUT2D eigenvalue weighted by Crippen LogP contribution is 2.29. The second-order valence-corrected chi connectivity index (χ2v) is 6.25. The number of hydrogen-bond acceptors (Lipinski definition) is 4. The number of carbonyl (C=O) groups excluding carboxylic acids is 2. The van der Waals surface area contributed by atoms with E-state index in [2.05, 4.69) is 11.7 Å². The number of rotatable bonds is 11. The van der Waals surface area contributed by atoms with Gasteiger partial charge in [0.05, 0.1) is 25.0 Å². The van der Waals surface area contributed by atoms with Gasteiger partial charge in [0.25, 0.3) is 0 Å². The van der Waals surface area contributed by atoms with Crippen LogP contribution in [0.3, 0.4) is 0 Å². The van der Waals surface area contributed by atoms with E-state index in [1.165, 1.54) is 0 Å². The van der Waals surface area contributed by atoms with Crippen molar-refractivity contribution in [1.82, 2.24) is 0 Å². The highest BCUT2D eigenvalue weighted by Gasteiger charge is 2.30. The first-order chi connectivity index (χ1) is 13.2. The van der Waals surface area contributed by atoms with Crippen molar-refractivity contribution < 1.29 is 41.0 Å². The molecule has 0 heterocycles. The van der Waals surface area contributed by atoms with Crippen molar-refractivity contribution in [1.29, 1.82) is 0 Å². The van der Waals surface area contributed by atoms with Gasteiger partial charge in [0, 0.05) is 0 Å². The van der Waals surface area contributed by atoms with Crippen LogP contribution in [0, 0.1) is 29.1 Å². The van der Waals surface area contributed by atoms with Gasteiger partial charge in [0.15, 0.2) is 23.3 Å². The molecule has 0 saturated carbocycles. The summed E-state index contributed by atoms with van der Waals surface area (Å²) in [5.41, 5.74) is -1.25. The van der Waals surface area contributed by atoms with Crippen LogP contribution in [0.2, 0.25) is 0 Å². The largest absolute Gasteiger partial charge is 0.466 e. The minimum Gasteiger partial charge on any atom is -0.466 e. The van der Waals surface area contributed by atoms with Crippen LogP contribution < -0.4 is 0 Å². The summed E-state index contributed by atoms with van der Waals surface area (Å²) >= 11 is 0. The molecule has 0 fully saturated rings. The molecule has 0 spiro atoms. The zero-order valence-corrected chi connectivity index (χ0v) is 15.8. The molecule has 4 nitrogen and oxygen atoms in total. The molecular weight excluding hydrogens is 387 g/mol. The molecule has 0 aliphatic carbocycles. The van der Waals surface area contributed by atoms with E-state index in [1.807, 2.05) is 0 Å². The topological polar surface area (TPSA) is 52.6 Å². The summed E-state index contributed by atoms with van der Waals surface area (Å²) in [4.78, 5) is 23.2. The van der Waals surface area contributed by atoms with E-state index < -0.39 is 59.1 Å². The molecule has 1 rings (SSSR count). The smallest absolute Gasteiger partial charge is 0.306 e. The molecule has 9 heteroatoms. The van der Waals surface area contributed by atoms with Gasteiger partial charge in [-0.2, -0.15) is 0 Å². The van der Waals surface area contributed by atoms with E-state index >= 15 is 0 Å². The summed E-state index contributed by atoms with van der Waals surface area (Å²) < 4.78 is 76.4. The van der Waals surface area contributed by atoms with Crippen LogP contribution in [0.4, 0.5) is 22.0 Å². The van der Waals surface area contributed by atoms with Crippen molar-refractivity contribution >= 4 is 11.9 Å². The van der Waals surface area contributed by atoms with Crippen molar-refractivity contribution in [3.8, 4) is 0 Å². The standard InChI is InChI=1S/C19H23F5O4/c1-3-4-5-6-7-10-27-12(25)8-9-13(26)28-11(2)14-15(20)17(22)19(24)18(23)16(14)21/h11H,3-10H2,1-2H3. The Morgan fingerprint density at radius 2 is 1.29 bits per heavy atom. The van der Waals surface area contributed by atoms with E-state index in [-0.39, 0.29) is 13.0 Å². The van der Waals surface area contributed by atoms with E-state index in [1.54, 1.807) is 0 Å². The molecule has 1 atom stereocenters. The third-order valence-electron chi connectivity index (χ3n) is 4.00. The quantitative estimate of drug-likeness (QED) is 0.164. The normalized spacial score (nSPS) is 12.0. The Hall–Kier alpha value is -2.19. The predicted octanol–water partition coefficient (Wildman–Crippen LogP) is 5.28. The zero-order chi connectivity index (χ0) is 21.3. The molecule has 0 aliphatic heterocycles. The van der Waals surface area contributed by atoms with Gasteiger partial charge in [-0.25, -0.2) is 22.0 Å². The van der Waals surface area contributed by atoms with E-state index in [0.717, 1.165) is 32.6 Å². The molecule has 0 aromatic heterocycles. The summed E-state index contributed by atoms with van der Waals surface area (Å²) in [6.07, 6.45) is 2.34. The minimum absolute atomic E-state index is 0.221. The minimum atomic E-state index is -2.30. The summed E-state index contributed by atoms with van der Waals surface area (Å²) in [6, 6.07) is 0. The molecule has 0 saturated heterocycles. The lowest BCUT2D eigenvalue weighted by Crippen LogP contribution is -2.16. The van der Waals surface area contributed by atoms with Gasteiger partial charge in [0.1, 0.15) is 6.10 Å². The molecule has 0 amide bonds. The van der Waals surface area contributed by atoms with Gasteiger partial charge in [-0.3, -0.25) is 9.59 Å². The second-order valence-electron chi connectivity index (χ2n) is 6.25. The first-order valence-electron chi connectivity index (χ1n) is 9.07. The van der Waals surface area contributed by atoms with E-state index in [0.29, 0.717) is 6.42 Å². The number of esters is 2. The Labute approximate surface area is 160 Å². The molecule has 1 aromatic carbocycles. The highest BCUT2D eigenvalue weighted by atomic mass is 19.2. The maximum Gasteiger partial charge on any atom is 0.306 e. The third-order valence-corrected chi connectivity index (χ3v) is 4.00. The van der Waals surface area contributed by atoms with Gasteiger partial charge in [-0.15, -0.1) is 0 Å². The Bertz CT molecular complexity index is 664. The first kappa shape index (κ1) is 23.8. The fraction of sp³-hybridized carbons (Fsp3) is 0.579. The number of carbonyl (C=O) groups is 2. The lowest BCUT2D eigenvalue weighted by atomic mass is 10.1. The lowest BCUT2D eigenvalue weighted by molar-refractivity contribution is -0.153. The lowest BCUT2D eigenvalue weighted by Gasteiger charge is -2.16. The molecule has 0 radical (unpaired) electrons. The Kier molecular flexibility index (Phi) is 9.89. The Morgan fingerprint density at radius 1 is 0.786 bits per heavy atom. The number of benzene rings is 1. The SMILES string of the molecule is CCCCCCCOC(=O)CCC(=O)OC(C)c1c(F)c(F)c(F)c(F)c1F. The average Bonchev–Trinajstić information content (AvgIpc) is 2.66.